The average molecular weight is 252 g/mol. The maximum atomic E-state index is 13.6. The van der Waals surface area contributed by atoms with Crippen LogP contribution < -0.4 is 0 Å². The summed E-state index contributed by atoms with van der Waals surface area (Å²) in [4.78, 5) is 23.7. The second kappa shape index (κ2) is 4.28. The van der Waals surface area contributed by atoms with Gasteiger partial charge in [0.05, 0.1) is 0 Å². The van der Waals surface area contributed by atoms with Gasteiger partial charge < -0.3 is 0 Å². The average Bonchev–Trinajstić information content (AvgIpc) is 2.67. The highest BCUT2D eigenvalue weighted by molar-refractivity contribution is 6.64. The van der Waals surface area contributed by atoms with Crippen molar-refractivity contribution in [2.24, 2.45) is 0 Å². The first-order valence-corrected chi connectivity index (χ1v) is 5.83. The second-order valence-corrected chi connectivity index (χ2v) is 4.28. The highest BCUT2D eigenvalue weighted by Gasteiger charge is 2.32. The topological polar surface area (TPSA) is 34.1 Å². The summed E-state index contributed by atoms with van der Waals surface area (Å²) in [6.07, 6.45) is 1.43. The molecule has 2 aromatic rings. The van der Waals surface area contributed by atoms with Gasteiger partial charge in [0.25, 0.3) is 0 Å². The first-order valence-electron chi connectivity index (χ1n) is 5.83. The second-order valence-electron chi connectivity index (χ2n) is 4.28. The lowest BCUT2D eigenvalue weighted by Crippen LogP contribution is -2.05. The molecular weight excluding hydrogens is 243 g/mol. The molecule has 0 N–H and O–H groups in total. The Kier molecular flexibility index (Phi) is 2.60. The molecule has 0 atom stereocenters. The van der Waals surface area contributed by atoms with Crippen LogP contribution in [0.2, 0.25) is 0 Å². The predicted molar refractivity (Wildman–Crippen MR) is 70.1 cm³/mol. The Morgan fingerprint density at radius 1 is 0.789 bits per heavy atom. The number of rotatable bonds is 1. The SMILES string of the molecule is O=C1C(=O)c2ccccc2C1=Cc1ccccc1F. The number of hydrogen-bond donors (Lipinski definition) is 0. The zero-order valence-corrected chi connectivity index (χ0v) is 9.89. The molecule has 2 nitrogen and oxygen atoms in total. The van der Waals surface area contributed by atoms with Crippen molar-refractivity contribution in [1.29, 1.82) is 0 Å². The van der Waals surface area contributed by atoms with Gasteiger partial charge in [0.1, 0.15) is 5.82 Å². The largest absolute Gasteiger partial charge is 0.285 e. The van der Waals surface area contributed by atoms with Crippen molar-refractivity contribution in [1.82, 2.24) is 0 Å². The Balaban J connectivity index is 2.19. The third kappa shape index (κ3) is 1.80. The van der Waals surface area contributed by atoms with E-state index in [1.807, 2.05) is 0 Å². The van der Waals surface area contributed by atoms with Crippen LogP contribution in [0.25, 0.3) is 11.6 Å². The number of Topliss-reactive ketones (excluding diaryl/α,β-unsaturated/α-hetero) is 2. The summed E-state index contributed by atoms with van der Waals surface area (Å²) < 4.78 is 13.6. The Morgan fingerprint density at radius 3 is 2.16 bits per heavy atom. The molecule has 2 aromatic carbocycles. The molecule has 1 aliphatic carbocycles. The summed E-state index contributed by atoms with van der Waals surface area (Å²) in [5.74, 6) is -1.53. The van der Waals surface area contributed by atoms with Crippen molar-refractivity contribution in [2.75, 3.05) is 0 Å². The molecule has 0 bridgehead atoms. The molecular formula is C16H9FO2. The lowest BCUT2D eigenvalue weighted by molar-refractivity contribution is -0.109. The van der Waals surface area contributed by atoms with Crippen LogP contribution in [0.15, 0.2) is 48.5 Å². The molecule has 0 aromatic heterocycles. The minimum absolute atomic E-state index is 0.255. The molecule has 0 aliphatic heterocycles. The van der Waals surface area contributed by atoms with Gasteiger partial charge in [0.2, 0.25) is 11.6 Å². The standard InChI is InChI=1S/C16H9FO2/c17-14-8-4-1-5-10(14)9-13-11-6-2-3-7-12(11)15(18)16(13)19/h1-9H. The number of allylic oxidation sites excluding steroid dienone is 1. The van der Waals surface area contributed by atoms with E-state index in [9.17, 15) is 14.0 Å². The van der Waals surface area contributed by atoms with Gasteiger partial charge in [-0.2, -0.15) is 0 Å². The normalized spacial score (nSPS) is 15.9. The van der Waals surface area contributed by atoms with Gasteiger partial charge in [-0.3, -0.25) is 9.59 Å². The Labute approximate surface area is 109 Å². The zero-order chi connectivity index (χ0) is 13.4. The summed E-state index contributed by atoms with van der Waals surface area (Å²) in [7, 11) is 0. The van der Waals surface area contributed by atoms with E-state index in [-0.39, 0.29) is 5.57 Å². The summed E-state index contributed by atoms with van der Waals surface area (Å²) >= 11 is 0. The maximum Gasteiger partial charge on any atom is 0.234 e. The summed E-state index contributed by atoms with van der Waals surface area (Å²) in [6.45, 7) is 0. The molecule has 0 saturated carbocycles. The van der Waals surface area contributed by atoms with Crippen molar-refractivity contribution >= 4 is 23.2 Å². The van der Waals surface area contributed by atoms with Crippen LogP contribution in [0.5, 0.6) is 0 Å². The minimum atomic E-state index is -0.579. The van der Waals surface area contributed by atoms with Crippen molar-refractivity contribution in [2.45, 2.75) is 0 Å². The summed E-state index contributed by atoms with van der Waals surface area (Å²) in [5, 5.41) is 0. The van der Waals surface area contributed by atoms with Gasteiger partial charge >= 0.3 is 0 Å². The van der Waals surface area contributed by atoms with Crippen molar-refractivity contribution in [3.63, 3.8) is 0 Å². The van der Waals surface area contributed by atoms with Crippen molar-refractivity contribution < 1.29 is 14.0 Å². The van der Waals surface area contributed by atoms with Gasteiger partial charge in [0, 0.05) is 16.7 Å². The first-order chi connectivity index (χ1) is 9.18. The molecule has 0 unspecified atom stereocenters. The fraction of sp³-hybridized carbons (Fsp3) is 0. The Morgan fingerprint density at radius 2 is 1.42 bits per heavy atom. The van der Waals surface area contributed by atoms with Gasteiger partial charge in [-0.15, -0.1) is 0 Å². The van der Waals surface area contributed by atoms with E-state index in [1.165, 1.54) is 12.1 Å². The molecule has 92 valence electrons. The van der Waals surface area contributed by atoms with E-state index in [0.717, 1.165) is 0 Å². The number of fused-ring (bicyclic) bond motifs is 1. The molecule has 0 radical (unpaired) electrons. The smallest absolute Gasteiger partial charge is 0.234 e. The predicted octanol–water partition coefficient (Wildman–Crippen LogP) is 3.13. The molecule has 0 heterocycles. The molecule has 0 saturated heterocycles. The quantitative estimate of drug-likeness (QED) is 0.577. The van der Waals surface area contributed by atoms with E-state index in [0.29, 0.717) is 16.7 Å². The minimum Gasteiger partial charge on any atom is -0.285 e. The Hall–Kier alpha value is -2.55. The molecule has 19 heavy (non-hydrogen) atoms. The highest BCUT2D eigenvalue weighted by Crippen LogP contribution is 2.31. The van der Waals surface area contributed by atoms with Gasteiger partial charge in [0.15, 0.2) is 0 Å². The number of ketones is 2. The summed E-state index contributed by atoms with van der Waals surface area (Å²) in [5.41, 5.74) is 1.51. The van der Waals surface area contributed by atoms with Crippen LogP contribution in [-0.2, 0) is 4.79 Å². The molecule has 3 heteroatoms. The fourth-order valence-corrected chi connectivity index (χ4v) is 2.17. The van der Waals surface area contributed by atoms with E-state index in [2.05, 4.69) is 0 Å². The lowest BCUT2D eigenvalue weighted by atomic mass is 10.0. The molecule has 0 amide bonds. The third-order valence-electron chi connectivity index (χ3n) is 3.12. The maximum absolute atomic E-state index is 13.6. The van der Waals surface area contributed by atoms with Gasteiger partial charge in [-0.25, -0.2) is 4.39 Å². The number of carbonyl (C=O) groups excluding carboxylic acids is 2. The Bertz CT molecular complexity index is 729. The van der Waals surface area contributed by atoms with Crippen LogP contribution in [0.3, 0.4) is 0 Å². The summed E-state index contributed by atoms with van der Waals surface area (Å²) in [6, 6.07) is 12.9. The molecule has 1 aliphatic rings. The van der Waals surface area contributed by atoms with Crippen LogP contribution in [0, 0.1) is 5.82 Å². The van der Waals surface area contributed by atoms with Gasteiger partial charge in [-0.05, 0) is 17.7 Å². The number of benzene rings is 2. The number of hydrogen-bond acceptors (Lipinski definition) is 2. The number of carbonyl (C=O) groups is 2. The third-order valence-corrected chi connectivity index (χ3v) is 3.12. The van der Waals surface area contributed by atoms with E-state index in [4.69, 9.17) is 0 Å². The van der Waals surface area contributed by atoms with Crippen molar-refractivity contribution in [3.05, 3.63) is 71.0 Å². The van der Waals surface area contributed by atoms with E-state index < -0.39 is 17.4 Å². The molecule has 0 spiro atoms. The molecule has 3 rings (SSSR count). The monoisotopic (exact) mass is 252 g/mol. The lowest BCUT2D eigenvalue weighted by Gasteiger charge is -2.00. The van der Waals surface area contributed by atoms with Crippen LogP contribution in [0.4, 0.5) is 4.39 Å². The van der Waals surface area contributed by atoms with Crippen LogP contribution >= 0.6 is 0 Å². The first kappa shape index (κ1) is 11.5. The van der Waals surface area contributed by atoms with Crippen LogP contribution in [0.1, 0.15) is 21.5 Å². The highest BCUT2D eigenvalue weighted by atomic mass is 19.1. The van der Waals surface area contributed by atoms with Gasteiger partial charge in [-0.1, -0.05) is 42.5 Å². The number of halogens is 1. The van der Waals surface area contributed by atoms with Crippen LogP contribution in [-0.4, -0.2) is 11.6 Å². The fourth-order valence-electron chi connectivity index (χ4n) is 2.17. The van der Waals surface area contributed by atoms with Crippen molar-refractivity contribution in [3.8, 4) is 0 Å². The van der Waals surface area contributed by atoms with E-state index in [1.54, 1.807) is 42.5 Å². The molecule has 0 fully saturated rings. The van der Waals surface area contributed by atoms with E-state index >= 15 is 0 Å². The zero-order valence-electron chi connectivity index (χ0n) is 9.89.